The first-order chi connectivity index (χ1) is 9.19. The molecule has 0 fully saturated rings. The Kier molecular flexibility index (Phi) is 3.73. The molecule has 1 N–H and O–H groups in total. The van der Waals surface area contributed by atoms with Crippen molar-refractivity contribution in [3.8, 4) is 0 Å². The van der Waals surface area contributed by atoms with Crippen LogP contribution in [0.5, 0.6) is 0 Å². The van der Waals surface area contributed by atoms with Crippen LogP contribution >= 0.6 is 11.3 Å². The molecule has 108 valence electrons. The summed E-state index contributed by atoms with van der Waals surface area (Å²) in [6.45, 7) is 4.13. The number of pyridine rings is 1. The van der Waals surface area contributed by atoms with Gasteiger partial charge in [0, 0.05) is 11.1 Å². The van der Waals surface area contributed by atoms with E-state index in [0.29, 0.717) is 10.4 Å². The van der Waals surface area contributed by atoms with Crippen LogP contribution in [0.25, 0.3) is 10.2 Å². The summed E-state index contributed by atoms with van der Waals surface area (Å²) in [5.74, 6) is -0.708. The molecule has 0 saturated carbocycles. The second-order valence-electron chi connectivity index (χ2n) is 4.61. The molecule has 0 aliphatic rings. The predicted molar refractivity (Wildman–Crippen MR) is 72.2 cm³/mol. The average Bonchev–Trinajstić information content (AvgIpc) is 2.62. The number of fused-ring (bicyclic) bond motifs is 1. The van der Waals surface area contributed by atoms with Crippen molar-refractivity contribution in [3.63, 3.8) is 0 Å². The first-order valence-corrected chi connectivity index (χ1v) is 6.73. The number of thiophene rings is 1. The van der Waals surface area contributed by atoms with Crippen LogP contribution in [-0.4, -0.2) is 23.6 Å². The Bertz CT molecular complexity index is 676. The number of carbonyl (C=O) groups is 1. The van der Waals surface area contributed by atoms with Gasteiger partial charge in [-0.3, -0.25) is 4.79 Å². The van der Waals surface area contributed by atoms with Crippen LogP contribution in [0, 0.1) is 20.8 Å². The van der Waals surface area contributed by atoms with Crippen molar-refractivity contribution in [2.45, 2.75) is 26.9 Å². The van der Waals surface area contributed by atoms with Gasteiger partial charge in [0.2, 0.25) is 0 Å². The van der Waals surface area contributed by atoms with E-state index in [1.165, 1.54) is 0 Å². The van der Waals surface area contributed by atoms with Crippen LogP contribution in [0.2, 0.25) is 0 Å². The fourth-order valence-electron chi connectivity index (χ4n) is 2.10. The van der Waals surface area contributed by atoms with Crippen LogP contribution in [0.4, 0.5) is 13.2 Å². The quantitative estimate of drug-likeness (QED) is 0.922. The van der Waals surface area contributed by atoms with Gasteiger partial charge < -0.3 is 5.32 Å². The number of alkyl halides is 3. The van der Waals surface area contributed by atoms with Crippen molar-refractivity contribution in [3.05, 3.63) is 27.8 Å². The van der Waals surface area contributed by atoms with Gasteiger partial charge in [-0.2, -0.15) is 13.2 Å². The molecule has 1 amide bonds. The number of halogens is 3. The molecule has 0 unspecified atom stereocenters. The molecular weight excluding hydrogens is 289 g/mol. The van der Waals surface area contributed by atoms with E-state index in [1.807, 2.05) is 25.2 Å². The maximum Gasteiger partial charge on any atom is 0.405 e. The lowest BCUT2D eigenvalue weighted by Crippen LogP contribution is -2.33. The fraction of sp³-hybridized carbons (Fsp3) is 0.385. The zero-order valence-electron chi connectivity index (χ0n) is 11.2. The van der Waals surface area contributed by atoms with Crippen molar-refractivity contribution in [1.29, 1.82) is 0 Å². The highest BCUT2D eigenvalue weighted by Crippen LogP contribution is 2.32. The minimum Gasteiger partial charge on any atom is -0.342 e. The summed E-state index contributed by atoms with van der Waals surface area (Å²) in [4.78, 5) is 17.1. The fourth-order valence-corrected chi connectivity index (χ4v) is 3.32. The maximum atomic E-state index is 12.1. The Hall–Kier alpha value is -1.63. The number of nitrogens with one attached hydrogen (secondary N) is 1. The molecular formula is C13H13F3N2OS. The predicted octanol–water partition coefficient (Wildman–Crippen LogP) is 3.51. The number of amides is 1. The smallest absolute Gasteiger partial charge is 0.342 e. The third kappa shape index (κ3) is 2.92. The van der Waals surface area contributed by atoms with Crippen LogP contribution in [0.3, 0.4) is 0 Å². The average molecular weight is 302 g/mol. The van der Waals surface area contributed by atoms with Crippen LogP contribution in [0.1, 0.15) is 26.5 Å². The van der Waals surface area contributed by atoms with Crippen molar-refractivity contribution < 1.29 is 18.0 Å². The van der Waals surface area contributed by atoms with Gasteiger partial charge >= 0.3 is 6.18 Å². The number of aromatic nitrogens is 1. The molecule has 0 saturated heterocycles. The minimum absolute atomic E-state index is 0.283. The Labute approximate surface area is 117 Å². The molecule has 0 bridgehead atoms. The monoisotopic (exact) mass is 302 g/mol. The first-order valence-electron chi connectivity index (χ1n) is 5.91. The van der Waals surface area contributed by atoms with Crippen molar-refractivity contribution >= 4 is 27.5 Å². The summed E-state index contributed by atoms with van der Waals surface area (Å²) in [5.41, 5.74) is 2.46. The van der Waals surface area contributed by atoms with E-state index in [1.54, 1.807) is 6.92 Å². The lowest BCUT2D eigenvalue weighted by molar-refractivity contribution is -0.123. The van der Waals surface area contributed by atoms with Gasteiger partial charge in [0.15, 0.2) is 0 Å². The van der Waals surface area contributed by atoms with Crippen molar-refractivity contribution in [2.75, 3.05) is 6.54 Å². The Morgan fingerprint density at radius 3 is 2.60 bits per heavy atom. The SMILES string of the molecule is Cc1cc(C)c2c(C)c(C(=O)NCC(F)(F)F)sc2n1. The molecule has 2 aromatic rings. The molecule has 0 spiro atoms. The molecule has 0 aliphatic carbocycles. The Morgan fingerprint density at radius 2 is 2.00 bits per heavy atom. The van der Waals surface area contributed by atoms with E-state index in [-0.39, 0.29) is 4.88 Å². The highest BCUT2D eigenvalue weighted by Gasteiger charge is 2.29. The summed E-state index contributed by atoms with van der Waals surface area (Å²) in [7, 11) is 0. The van der Waals surface area contributed by atoms with E-state index in [2.05, 4.69) is 4.98 Å². The van der Waals surface area contributed by atoms with E-state index in [4.69, 9.17) is 0 Å². The normalized spacial score (nSPS) is 11.9. The van der Waals surface area contributed by atoms with Gasteiger partial charge in [-0.1, -0.05) is 0 Å². The molecule has 20 heavy (non-hydrogen) atoms. The second-order valence-corrected chi connectivity index (χ2v) is 5.61. The van der Waals surface area contributed by atoms with E-state index >= 15 is 0 Å². The first kappa shape index (κ1) is 14.8. The molecule has 0 aromatic carbocycles. The molecule has 0 radical (unpaired) electrons. The van der Waals surface area contributed by atoms with E-state index < -0.39 is 18.6 Å². The number of carbonyl (C=O) groups excluding carboxylic acids is 1. The summed E-state index contributed by atoms with van der Waals surface area (Å²) in [5, 5.41) is 2.74. The number of hydrogen-bond donors (Lipinski definition) is 1. The Balaban J connectivity index is 2.38. The molecule has 2 rings (SSSR count). The van der Waals surface area contributed by atoms with Crippen LogP contribution < -0.4 is 5.32 Å². The highest BCUT2D eigenvalue weighted by molar-refractivity contribution is 7.20. The molecule has 0 atom stereocenters. The molecule has 3 nitrogen and oxygen atoms in total. The number of hydrogen-bond acceptors (Lipinski definition) is 3. The van der Waals surface area contributed by atoms with Crippen LogP contribution in [0.15, 0.2) is 6.07 Å². The highest BCUT2D eigenvalue weighted by atomic mass is 32.1. The van der Waals surface area contributed by atoms with E-state index in [0.717, 1.165) is 28.0 Å². The zero-order valence-corrected chi connectivity index (χ0v) is 12.0. The molecule has 0 aliphatic heterocycles. The van der Waals surface area contributed by atoms with Gasteiger partial charge in [-0.25, -0.2) is 4.98 Å². The largest absolute Gasteiger partial charge is 0.405 e. The summed E-state index contributed by atoms with van der Waals surface area (Å²) in [6, 6.07) is 1.89. The minimum atomic E-state index is -4.41. The van der Waals surface area contributed by atoms with Crippen molar-refractivity contribution in [1.82, 2.24) is 10.3 Å². The number of nitrogens with zero attached hydrogens (tertiary/aromatic N) is 1. The zero-order chi connectivity index (χ0) is 15.1. The number of aryl methyl sites for hydroxylation is 3. The third-order valence-corrected chi connectivity index (χ3v) is 4.07. The second kappa shape index (κ2) is 5.05. The number of rotatable bonds is 2. The molecule has 7 heteroatoms. The molecule has 2 heterocycles. The van der Waals surface area contributed by atoms with Gasteiger partial charge in [-0.05, 0) is 38.0 Å². The summed E-state index contributed by atoms with van der Waals surface area (Å²) >= 11 is 1.12. The lowest BCUT2D eigenvalue weighted by Gasteiger charge is -2.07. The van der Waals surface area contributed by atoms with Gasteiger partial charge in [0.05, 0.1) is 4.88 Å². The third-order valence-electron chi connectivity index (χ3n) is 2.88. The molecule has 2 aromatic heterocycles. The van der Waals surface area contributed by atoms with Crippen molar-refractivity contribution in [2.24, 2.45) is 0 Å². The summed E-state index contributed by atoms with van der Waals surface area (Å²) < 4.78 is 36.4. The van der Waals surface area contributed by atoms with E-state index in [9.17, 15) is 18.0 Å². The lowest BCUT2D eigenvalue weighted by atomic mass is 10.1. The topological polar surface area (TPSA) is 42.0 Å². The Morgan fingerprint density at radius 1 is 1.35 bits per heavy atom. The maximum absolute atomic E-state index is 12.1. The van der Waals surface area contributed by atoms with Gasteiger partial charge in [0.1, 0.15) is 11.4 Å². The standard InChI is InChI=1S/C13H13F3N2OS/c1-6-4-7(2)18-12-9(6)8(3)10(20-12)11(19)17-5-13(14,15)16/h4H,5H2,1-3H3,(H,17,19). The summed E-state index contributed by atoms with van der Waals surface area (Å²) in [6.07, 6.45) is -4.41. The van der Waals surface area contributed by atoms with Gasteiger partial charge in [0.25, 0.3) is 5.91 Å². The van der Waals surface area contributed by atoms with Gasteiger partial charge in [-0.15, -0.1) is 11.3 Å². The van der Waals surface area contributed by atoms with Crippen LogP contribution in [-0.2, 0) is 0 Å².